The Labute approximate surface area is 166 Å². The van der Waals surface area contributed by atoms with Crippen molar-refractivity contribution in [3.8, 4) is 0 Å². The van der Waals surface area contributed by atoms with Gasteiger partial charge in [-0.25, -0.2) is 0 Å². The van der Waals surface area contributed by atoms with Gasteiger partial charge in [-0.2, -0.15) is 0 Å². The summed E-state index contributed by atoms with van der Waals surface area (Å²) in [5, 5.41) is 0. The molecule has 0 unspecified atom stereocenters. The summed E-state index contributed by atoms with van der Waals surface area (Å²) >= 11 is 0. The van der Waals surface area contributed by atoms with Crippen LogP contribution >= 0.6 is 0 Å². The molecule has 0 spiro atoms. The average molecular weight is 374 g/mol. The highest BCUT2D eigenvalue weighted by Gasteiger charge is 2.32. The molecule has 5 nitrogen and oxygen atoms in total. The normalized spacial score (nSPS) is 22.1. The van der Waals surface area contributed by atoms with Crippen molar-refractivity contribution in [2.45, 2.75) is 45.3 Å². The number of fused-ring (bicyclic) bond motifs is 2. The highest BCUT2D eigenvalue weighted by Crippen LogP contribution is 2.31. The molecule has 28 heavy (non-hydrogen) atoms. The lowest BCUT2D eigenvalue weighted by Crippen LogP contribution is -2.50. The van der Waals surface area contributed by atoms with Crippen LogP contribution in [0.5, 0.6) is 0 Å². The summed E-state index contributed by atoms with van der Waals surface area (Å²) < 4.78 is 0. The summed E-state index contributed by atoms with van der Waals surface area (Å²) in [6, 6.07) is 8.98. The molecule has 0 saturated carbocycles. The van der Waals surface area contributed by atoms with Crippen LogP contribution < -0.4 is 0 Å². The van der Waals surface area contributed by atoms with Crippen molar-refractivity contribution in [3.05, 3.63) is 64.0 Å². The smallest absolute Gasteiger partial charge is 0.227 e. The van der Waals surface area contributed by atoms with E-state index >= 15 is 0 Å². The van der Waals surface area contributed by atoms with Crippen LogP contribution in [0.2, 0.25) is 0 Å². The first-order chi connectivity index (χ1) is 13.6. The van der Waals surface area contributed by atoms with E-state index in [1.165, 1.54) is 28.7 Å². The van der Waals surface area contributed by atoms with Crippen molar-refractivity contribution in [1.29, 1.82) is 0 Å². The third-order valence-electron chi connectivity index (χ3n) is 6.30. The number of amides is 1. The van der Waals surface area contributed by atoms with Crippen LogP contribution in [0.25, 0.3) is 0 Å². The van der Waals surface area contributed by atoms with Gasteiger partial charge in [0, 0.05) is 42.1 Å². The number of hydrogen-bond acceptors (Lipinski definition) is 4. The number of piperidine rings is 1. The molecule has 5 heteroatoms. The number of rotatable bonds is 2. The zero-order valence-electron chi connectivity index (χ0n) is 16.6. The number of aliphatic imine (C=N–C) groups is 1. The van der Waals surface area contributed by atoms with Gasteiger partial charge in [0.05, 0.1) is 18.7 Å². The first kappa shape index (κ1) is 17.6. The number of aryl methyl sites for hydroxylation is 1. The number of aromatic nitrogens is 1. The van der Waals surface area contributed by atoms with E-state index in [4.69, 9.17) is 4.99 Å². The minimum atomic E-state index is 0.275. The number of carbonyl (C=O) groups is 1. The largest absolute Gasteiger partial charge is 0.334 e. The predicted octanol–water partition coefficient (Wildman–Crippen LogP) is 2.72. The molecule has 5 rings (SSSR count). The summed E-state index contributed by atoms with van der Waals surface area (Å²) in [4.78, 5) is 26.4. The number of pyridine rings is 1. The van der Waals surface area contributed by atoms with Gasteiger partial charge in [0.25, 0.3) is 0 Å². The molecule has 1 amide bonds. The molecular formula is C23H26N4O. The molecular weight excluding hydrogens is 348 g/mol. The first-order valence-corrected chi connectivity index (χ1v) is 10.2. The maximum absolute atomic E-state index is 12.9. The van der Waals surface area contributed by atoms with Crippen molar-refractivity contribution in [3.63, 3.8) is 0 Å². The van der Waals surface area contributed by atoms with Gasteiger partial charge < -0.3 is 9.80 Å². The highest BCUT2D eigenvalue weighted by molar-refractivity contribution is 6.15. The van der Waals surface area contributed by atoms with Crippen molar-refractivity contribution in [2.24, 2.45) is 4.99 Å². The van der Waals surface area contributed by atoms with E-state index in [0.29, 0.717) is 19.0 Å². The van der Waals surface area contributed by atoms with Crippen LogP contribution in [-0.4, -0.2) is 52.6 Å². The SMILES string of the molecule is Cc1cc(C2=NCc3cc4c(cc32)CN([C@@H]2CCCN(C)C2)C(=O)C4)ccn1. The van der Waals surface area contributed by atoms with Gasteiger partial charge in [-0.1, -0.05) is 6.07 Å². The summed E-state index contributed by atoms with van der Waals surface area (Å²) in [6.45, 7) is 5.55. The minimum Gasteiger partial charge on any atom is -0.334 e. The Morgan fingerprint density at radius 1 is 1.14 bits per heavy atom. The predicted molar refractivity (Wildman–Crippen MR) is 110 cm³/mol. The van der Waals surface area contributed by atoms with Crippen LogP contribution in [0, 0.1) is 6.92 Å². The van der Waals surface area contributed by atoms with Gasteiger partial charge in [-0.15, -0.1) is 0 Å². The van der Waals surface area contributed by atoms with Crippen molar-refractivity contribution in [2.75, 3.05) is 20.1 Å². The van der Waals surface area contributed by atoms with Crippen LogP contribution in [-0.2, 0) is 24.3 Å². The fourth-order valence-electron chi connectivity index (χ4n) is 4.85. The number of benzene rings is 1. The van der Waals surface area contributed by atoms with Crippen molar-refractivity contribution < 1.29 is 4.79 Å². The number of nitrogens with zero attached hydrogens (tertiary/aromatic N) is 4. The van der Waals surface area contributed by atoms with Crippen LogP contribution in [0.15, 0.2) is 35.5 Å². The first-order valence-electron chi connectivity index (χ1n) is 10.2. The number of likely N-dealkylation sites (N-methyl/N-ethyl adjacent to an activating group) is 1. The average Bonchev–Trinajstić information content (AvgIpc) is 3.08. The van der Waals surface area contributed by atoms with Gasteiger partial charge in [-0.05, 0) is 68.2 Å². The zero-order valence-corrected chi connectivity index (χ0v) is 16.6. The molecule has 1 aromatic heterocycles. The number of likely N-dealkylation sites (tertiary alicyclic amines) is 1. The summed E-state index contributed by atoms with van der Waals surface area (Å²) in [6.07, 6.45) is 4.65. The van der Waals surface area contributed by atoms with Crippen molar-refractivity contribution >= 4 is 11.6 Å². The second-order valence-corrected chi connectivity index (χ2v) is 8.39. The fraction of sp³-hybridized carbons (Fsp3) is 0.435. The summed E-state index contributed by atoms with van der Waals surface area (Å²) in [5.41, 5.74) is 8.12. The number of carbonyl (C=O) groups excluding carboxylic acids is 1. The molecule has 3 aliphatic heterocycles. The Hall–Kier alpha value is -2.53. The molecule has 3 aliphatic rings. The van der Waals surface area contributed by atoms with Crippen molar-refractivity contribution in [1.82, 2.24) is 14.8 Å². The maximum atomic E-state index is 12.9. The van der Waals surface area contributed by atoms with Gasteiger partial charge in [0.2, 0.25) is 5.91 Å². The molecule has 0 bridgehead atoms. The molecule has 1 fully saturated rings. The monoisotopic (exact) mass is 374 g/mol. The Kier molecular flexibility index (Phi) is 4.27. The minimum absolute atomic E-state index is 0.275. The zero-order chi connectivity index (χ0) is 19.3. The second-order valence-electron chi connectivity index (χ2n) is 8.39. The van der Waals surface area contributed by atoms with Gasteiger partial charge >= 0.3 is 0 Å². The van der Waals surface area contributed by atoms with Crippen LogP contribution in [0.1, 0.15) is 46.4 Å². The molecule has 1 saturated heterocycles. The highest BCUT2D eigenvalue weighted by atomic mass is 16.2. The van der Waals surface area contributed by atoms with E-state index in [2.05, 4.69) is 40.0 Å². The summed E-state index contributed by atoms with van der Waals surface area (Å²) in [7, 11) is 2.15. The van der Waals surface area contributed by atoms with E-state index < -0.39 is 0 Å². The topological polar surface area (TPSA) is 48.8 Å². The Bertz CT molecular complexity index is 981. The molecule has 1 atom stereocenters. The van der Waals surface area contributed by atoms with Gasteiger partial charge in [-0.3, -0.25) is 14.8 Å². The van der Waals surface area contributed by atoms with Gasteiger partial charge in [0.15, 0.2) is 0 Å². The molecule has 1 aromatic carbocycles. The van der Waals surface area contributed by atoms with Gasteiger partial charge in [0.1, 0.15) is 0 Å². The quantitative estimate of drug-likeness (QED) is 0.812. The fourth-order valence-corrected chi connectivity index (χ4v) is 4.85. The maximum Gasteiger partial charge on any atom is 0.227 e. The standard InChI is InChI=1S/C23H26N4O/c1-15-8-16(5-6-24-15)23-21-10-19-13-27(20-4-3-7-26(2)14-20)22(28)11-17(19)9-18(21)12-25-23/h5-6,8-10,20H,3-4,7,11-14H2,1-2H3/t20-/m1/s1. The third-order valence-corrected chi connectivity index (χ3v) is 6.30. The lowest BCUT2D eigenvalue weighted by Gasteiger charge is -2.40. The van der Waals surface area contributed by atoms with E-state index in [-0.39, 0.29) is 5.91 Å². The lowest BCUT2D eigenvalue weighted by molar-refractivity contribution is -0.135. The lowest BCUT2D eigenvalue weighted by atomic mass is 9.90. The van der Waals surface area contributed by atoms with E-state index in [9.17, 15) is 4.79 Å². The van der Waals surface area contributed by atoms with E-state index in [0.717, 1.165) is 43.0 Å². The second kappa shape index (κ2) is 6.82. The Morgan fingerprint density at radius 3 is 2.86 bits per heavy atom. The molecule has 0 radical (unpaired) electrons. The van der Waals surface area contributed by atoms with E-state index in [1.54, 1.807) is 0 Å². The Balaban J connectivity index is 1.47. The van der Waals surface area contributed by atoms with E-state index in [1.807, 2.05) is 19.2 Å². The van der Waals surface area contributed by atoms with Crippen LogP contribution in [0.4, 0.5) is 0 Å². The third kappa shape index (κ3) is 3.04. The molecule has 0 aliphatic carbocycles. The summed E-state index contributed by atoms with van der Waals surface area (Å²) in [5.74, 6) is 0.275. The molecule has 4 heterocycles. The Morgan fingerprint density at radius 2 is 2.04 bits per heavy atom. The number of hydrogen-bond donors (Lipinski definition) is 0. The molecule has 0 N–H and O–H groups in total. The molecule has 2 aromatic rings. The van der Waals surface area contributed by atoms with Crippen LogP contribution in [0.3, 0.4) is 0 Å². The molecule has 144 valence electrons.